The Morgan fingerprint density at radius 3 is 2.46 bits per heavy atom. The first-order chi connectivity index (χ1) is 13.7. The van der Waals surface area contributed by atoms with Crippen LogP contribution in [-0.2, 0) is 4.79 Å². The number of hydrogen-bond acceptors (Lipinski definition) is 5. The van der Waals surface area contributed by atoms with E-state index in [4.69, 9.17) is 5.73 Å². The molecular formula is C22H29N5O. The minimum atomic E-state index is 0.138. The van der Waals surface area contributed by atoms with Crippen molar-refractivity contribution < 1.29 is 4.79 Å². The number of piperazine rings is 1. The average molecular weight is 380 g/mol. The Bertz CT molecular complexity index is 761. The van der Waals surface area contributed by atoms with Gasteiger partial charge in [-0.3, -0.25) is 4.79 Å². The zero-order chi connectivity index (χ0) is 19.3. The normalized spacial score (nSPS) is 23.2. The second-order valence-corrected chi connectivity index (χ2v) is 7.75. The monoisotopic (exact) mass is 379 g/mol. The summed E-state index contributed by atoms with van der Waals surface area (Å²) in [6.45, 7) is 5.80. The molecule has 2 atom stereocenters. The number of nitrogens with zero attached hydrogens (tertiary/aromatic N) is 4. The van der Waals surface area contributed by atoms with Crippen molar-refractivity contribution in [2.24, 2.45) is 5.73 Å². The Morgan fingerprint density at radius 2 is 1.75 bits per heavy atom. The Balaban J connectivity index is 1.23. The third kappa shape index (κ3) is 4.34. The maximum Gasteiger partial charge on any atom is 0.223 e. The molecule has 2 aliphatic heterocycles. The molecule has 1 aromatic carbocycles. The average Bonchev–Trinajstić information content (AvgIpc) is 3.14. The molecule has 0 unspecified atom stereocenters. The predicted octanol–water partition coefficient (Wildman–Crippen LogP) is 1.55. The lowest BCUT2D eigenvalue weighted by Gasteiger charge is -2.35. The molecule has 28 heavy (non-hydrogen) atoms. The minimum absolute atomic E-state index is 0.138. The quantitative estimate of drug-likeness (QED) is 0.854. The molecule has 2 saturated heterocycles. The maximum absolute atomic E-state index is 12.7. The van der Waals surface area contributed by atoms with Crippen molar-refractivity contribution >= 4 is 11.7 Å². The number of hydrogen-bond donors (Lipinski definition) is 1. The molecule has 3 heterocycles. The van der Waals surface area contributed by atoms with Crippen LogP contribution >= 0.6 is 0 Å². The molecule has 0 radical (unpaired) electrons. The highest BCUT2D eigenvalue weighted by Gasteiger charge is 2.31. The predicted molar refractivity (Wildman–Crippen MR) is 111 cm³/mol. The summed E-state index contributed by atoms with van der Waals surface area (Å²) in [5.41, 5.74) is 7.67. The van der Waals surface area contributed by atoms with Gasteiger partial charge in [-0.25, -0.2) is 4.98 Å². The van der Waals surface area contributed by atoms with Gasteiger partial charge in [-0.1, -0.05) is 36.4 Å². The summed E-state index contributed by atoms with van der Waals surface area (Å²) in [6.07, 6.45) is 2.38. The van der Waals surface area contributed by atoms with Gasteiger partial charge in [0.2, 0.25) is 5.91 Å². The Labute approximate surface area is 166 Å². The topological polar surface area (TPSA) is 65.7 Å². The molecule has 2 aliphatic rings. The van der Waals surface area contributed by atoms with Crippen molar-refractivity contribution in [3.63, 3.8) is 0 Å². The molecule has 2 N–H and O–H groups in total. The lowest BCUT2D eigenvalue weighted by Crippen LogP contribution is -2.49. The molecule has 2 aromatic rings. The van der Waals surface area contributed by atoms with Crippen molar-refractivity contribution in [1.29, 1.82) is 0 Å². The van der Waals surface area contributed by atoms with Crippen LogP contribution in [0.15, 0.2) is 54.7 Å². The molecule has 148 valence electrons. The van der Waals surface area contributed by atoms with Gasteiger partial charge in [0.05, 0.1) is 0 Å². The van der Waals surface area contributed by atoms with Crippen LogP contribution in [-0.4, -0.2) is 72.5 Å². The number of benzene rings is 1. The summed E-state index contributed by atoms with van der Waals surface area (Å²) < 4.78 is 0. The van der Waals surface area contributed by atoms with Crippen LogP contribution in [0.2, 0.25) is 0 Å². The number of nitrogens with two attached hydrogens (primary N) is 1. The van der Waals surface area contributed by atoms with Gasteiger partial charge >= 0.3 is 0 Å². The molecule has 4 rings (SSSR count). The van der Waals surface area contributed by atoms with Crippen LogP contribution in [0.3, 0.4) is 0 Å². The van der Waals surface area contributed by atoms with Crippen LogP contribution in [0.4, 0.5) is 5.82 Å². The third-order valence-electron chi connectivity index (χ3n) is 5.92. The summed E-state index contributed by atoms with van der Waals surface area (Å²) in [4.78, 5) is 23.6. The fraction of sp³-hybridized carbons (Fsp3) is 0.455. The van der Waals surface area contributed by atoms with E-state index in [1.54, 1.807) is 0 Å². The zero-order valence-corrected chi connectivity index (χ0v) is 16.3. The molecule has 0 saturated carbocycles. The smallest absolute Gasteiger partial charge is 0.223 e. The number of rotatable bonds is 5. The van der Waals surface area contributed by atoms with Gasteiger partial charge in [-0.15, -0.1) is 0 Å². The molecule has 0 bridgehead atoms. The highest BCUT2D eigenvalue weighted by molar-refractivity contribution is 5.76. The first kappa shape index (κ1) is 18.9. The van der Waals surface area contributed by atoms with Crippen molar-refractivity contribution in [2.45, 2.75) is 18.4 Å². The van der Waals surface area contributed by atoms with E-state index in [2.05, 4.69) is 39.0 Å². The summed E-state index contributed by atoms with van der Waals surface area (Å²) in [5.74, 6) is 1.60. The molecule has 1 aromatic heterocycles. The van der Waals surface area contributed by atoms with Crippen LogP contribution < -0.4 is 10.6 Å². The van der Waals surface area contributed by atoms with Gasteiger partial charge in [-0.05, 0) is 17.7 Å². The van der Waals surface area contributed by atoms with Gasteiger partial charge in [-0.2, -0.15) is 0 Å². The molecule has 6 heteroatoms. The van der Waals surface area contributed by atoms with Gasteiger partial charge in [0, 0.05) is 70.4 Å². The number of amides is 1. The van der Waals surface area contributed by atoms with E-state index < -0.39 is 0 Å². The van der Waals surface area contributed by atoms with Crippen molar-refractivity contribution in [1.82, 2.24) is 14.8 Å². The van der Waals surface area contributed by atoms with Crippen LogP contribution in [0, 0.1) is 0 Å². The van der Waals surface area contributed by atoms with Gasteiger partial charge in [0.1, 0.15) is 5.82 Å². The number of carbonyl (C=O) groups is 1. The minimum Gasteiger partial charge on any atom is -0.353 e. The summed E-state index contributed by atoms with van der Waals surface area (Å²) >= 11 is 0. The second kappa shape index (κ2) is 8.71. The molecular weight excluding hydrogens is 350 g/mol. The molecule has 2 fully saturated rings. The summed E-state index contributed by atoms with van der Waals surface area (Å²) in [5, 5.41) is 0. The SMILES string of the molecule is N[C@@H]1CN(CCC(=O)N2CCN(c3ccccn3)CC2)C[C@H]1c1ccccc1. The van der Waals surface area contributed by atoms with Gasteiger partial charge in [0.15, 0.2) is 0 Å². The lowest BCUT2D eigenvalue weighted by molar-refractivity contribution is -0.131. The van der Waals surface area contributed by atoms with Crippen LogP contribution in [0.5, 0.6) is 0 Å². The Morgan fingerprint density at radius 1 is 1.00 bits per heavy atom. The van der Waals surface area contributed by atoms with E-state index in [0.717, 1.165) is 51.6 Å². The van der Waals surface area contributed by atoms with E-state index in [1.165, 1.54) is 5.56 Å². The number of aromatic nitrogens is 1. The number of anilines is 1. The van der Waals surface area contributed by atoms with E-state index in [-0.39, 0.29) is 11.9 Å². The van der Waals surface area contributed by atoms with Crippen LogP contribution in [0.25, 0.3) is 0 Å². The summed E-state index contributed by atoms with van der Waals surface area (Å²) in [7, 11) is 0. The highest BCUT2D eigenvalue weighted by atomic mass is 16.2. The zero-order valence-electron chi connectivity index (χ0n) is 16.3. The Kier molecular flexibility index (Phi) is 5.88. The van der Waals surface area contributed by atoms with Crippen LogP contribution in [0.1, 0.15) is 17.9 Å². The molecule has 0 spiro atoms. The van der Waals surface area contributed by atoms with E-state index in [1.807, 2.05) is 35.4 Å². The fourth-order valence-corrected chi connectivity index (χ4v) is 4.29. The van der Waals surface area contributed by atoms with Gasteiger partial charge in [0.25, 0.3) is 0 Å². The highest BCUT2D eigenvalue weighted by Crippen LogP contribution is 2.26. The maximum atomic E-state index is 12.7. The van der Waals surface area contributed by atoms with E-state index in [0.29, 0.717) is 12.3 Å². The van der Waals surface area contributed by atoms with Crippen molar-refractivity contribution in [2.75, 3.05) is 50.7 Å². The molecule has 1 amide bonds. The number of pyridine rings is 1. The van der Waals surface area contributed by atoms with Crippen molar-refractivity contribution in [3.05, 3.63) is 60.3 Å². The number of carbonyl (C=O) groups excluding carboxylic acids is 1. The number of likely N-dealkylation sites (tertiary alicyclic amines) is 1. The van der Waals surface area contributed by atoms with Crippen molar-refractivity contribution in [3.8, 4) is 0 Å². The summed E-state index contributed by atoms with van der Waals surface area (Å²) in [6, 6.07) is 16.6. The third-order valence-corrected chi connectivity index (χ3v) is 5.92. The van der Waals surface area contributed by atoms with Gasteiger partial charge < -0.3 is 20.4 Å². The van der Waals surface area contributed by atoms with E-state index in [9.17, 15) is 4.79 Å². The second-order valence-electron chi connectivity index (χ2n) is 7.75. The lowest BCUT2D eigenvalue weighted by atomic mass is 9.95. The van der Waals surface area contributed by atoms with E-state index >= 15 is 0 Å². The standard InChI is InChI=1S/C22H29N5O/c23-20-17-25(16-19(20)18-6-2-1-3-7-18)11-9-22(28)27-14-12-26(13-15-27)21-8-4-5-10-24-21/h1-8,10,19-20H,9,11-17,23H2/t19-,20+/m0/s1. The first-order valence-corrected chi connectivity index (χ1v) is 10.2. The fourth-order valence-electron chi connectivity index (χ4n) is 4.29. The first-order valence-electron chi connectivity index (χ1n) is 10.2. The largest absolute Gasteiger partial charge is 0.353 e. The molecule has 0 aliphatic carbocycles. The Hall–Kier alpha value is -2.44. The molecule has 6 nitrogen and oxygen atoms in total.